The van der Waals surface area contributed by atoms with Crippen molar-refractivity contribution in [2.45, 2.75) is 18.2 Å². The SMILES string of the molecule is Cc1cc(S(=O)(=O)NCCCS(N)(=O)=O)ccc1C#N. The van der Waals surface area contributed by atoms with Crippen molar-refractivity contribution in [3.8, 4) is 6.07 Å². The maximum atomic E-state index is 11.9. The molecule has 0 radical (unpaired) electrons. The molecule has 0 aliphatic rings. The summed E-state index contributed by atoms with van der Waals surface area (Å²) in [6.07, 6.45) is 0.0906. The van der Waals surface area contributed by atoms with E-state index in [1.54, 1.807) is 6.92 Å². The van der Waals surface area contributed by atoms with Crippen LogP contribution in [0.2, 0.25) is 0 Å². The lowest BCUT2D eigenvalue weighted by Crippen LogP contribution is -2.27. The van der Waals surface area contributed by atoms with E-state index in [1.165, 1.54) is 18.2 Å². The van der Waals surface area contributed by atoms with E-state index in [-0.39, 0.29) is 23.6 Å². The molecule has 7 nitrogen and oxygen atoms in total. The molecular formula is C11H15N3O4S2. The standard InChI is InChI=1S/C11H15N3O4S2/c1-9-7-11(4-3-10(9)8-12)20(17,18)14-5-2-6-19(13,15)16/h3-4,7,14H,2,5-6H2,1H3,(H2,13,15,16). The molecule has 0 aromatic heterocycles. The largest absolute Gasteiger partial charge is 0.240 e. The van der Waals surface area contributed by atoms with Gasteiger partial charge in [-0.2, -0.15) is 5.26 Å². The monoisotopic (exact) mass is 317 g/mol. The number of benzene rings is 1. The number of primary sulfonamides is 1. The molecule has 0 heterocycles. The lowest BCUT2D eigenvalue weighted by atomic mass is 10.1. The van der Waals surface area contributed by atoms with Crippen LogP contribution in [0.4, 0.5) is 0 Å². The van der Waals surface area contributed by atoms with Crippen LogP contribution in [0.1, 0.15) is 17.5 Å². The Bertz CT molecular complexity index is 733. The minimum atomic E-state index is -3.72. The Kier molecular flexibility index (Phi) is 5.24. The molecule has 0 amide bonds. The second kappa shape index (κ2) is 6.32. The molecule has 20 heavy (non-hydrogen) atoms. The maximum absolute atomic E-state index is 11.9. The van der Waals surface area contributed by atoms with Crippen LogP contribution in [-0.2, 0) is 20.0 Å². The molecule has 0 atom stereocenters. The van der Waals surface area contributed by atoms with Crippen molar-refractivity contribution in [2.75, 3.05) is 12.3 Å². The molecule has 110 valence electrons. The summed E-state index contributed by atoms with van der Waals surface area (Å²) >= 11 is 0. The van der Waals surface area contributed by atoms with Crippen molar-refractivity contribution in [3.63, 3.8) is 0 Å². The van der Waals surface area contributed by atoms with Gasteiger partial charge < -0.3 is 0 Å². The lowest BCUT2D eigenvalue weighted by Gasteiger charge is -2.07. The minimum absolute atomic E-state index is 0.0299. The number of hydrogen-bond acceptors (Lipinski definition) is 5. The first-order chi connectivity index (χ1) is 9.15. The van der Waals surface area contributed by atoms with Gasteiger partial charge in [0, 0.05) is 6.54 Å². The van der Waals surface area contributed by atoms with E-state index in [9.17, 15) is 16.8 Å². The highest BCUT2D eigenvalue weighted by molar-refractivity contribution is 7.89. The number of nitrogens with one attached hydrogen (secondary N) is 1. The van der Waals surface area contributed by atoms with Gasteiger partial charge in [0.2, 0.25) is 20.0 Å². The minimum Gasteiger partial charge on any atom is -0.229 e. The molecule has 0 bridgehead atoms. The number of nitriles is 1. The first-order valence-corrected chi connectivity index (χ1v) is 8.86. The predicted molar refractivity (Wildman–Crippen MR) is 73.7 cm³/mol. The fraction of sp³-hybridized carbons (Fsp3) is 0.364. The molecule has 0 saturated heterocycles. The quantitative estimate of drug-likeness (QED) is 0.703. The third kappa shape index (κ3) is 4.90. The molecular weight excluding hydrogens is 302 g/mol. The Morgan fingerprint density at radius 1 is 1.30 bits per heavy atom. The summed E-state index contributed by atoms with van der Waals surface area (Å²) in [6.45, 7) is 1.61. The molecule has 1 aromatic rings. The Hall–Kier alpha value is -1.47. The van der Waals surface area contributed by atoms with Gasteiger partial charge >= 0.3 is 0 Å². The van der Waals surface area contributed by atoms with Crippen molar-refractivity contribution in [1.29, 1.82) is 5.26 Å². The van der Waals surface area contributed by atoms with Crippen LogP contribution in [0.3, 0.4) is 0 Å². The van der Waals surface area contributed by atoms with E-state index >= 15 is 0 Å². The van der Waals surface area contributed by atoms with Crippen LogP contribution in [-0.4, -0.2) is 29.1 Å². The van der Waals surface area contributed by atoms with Crippen LogP contribution in [0.25, 0.3) is 0 Å². The van der Waals surface area contributed by atoms with Gasteiger partial charge in [0.15, 0.2) is 0 Å². The molecule has 1 rings (SSSR count). The lowest BCUT2D eigenvalue weighted by molar-refractivity contribution is 0.576. The summed E-state index contributed by atoms with van der Waals surface area (Å²) < 4.78 is 47.6. The first kappa shape index (κ1) is 16.6. The summed E-state index contributed by atoms with van der Waals surface area (Å²) in [5.74, 6) is -0.290. The summed E-state index contributed by atoms with van der Waals surface area (Å²) in [4.78, 5) is 0.0320. The summed E-state index contributed by atoms with van der Waals surface area (Å²) in [5, 5.41) is 13.6. The fourth-order valence-electron chi connectivity index (χ4n) is 1.49. The van der Waals surface area contributed by atoms with Crippen LogP contribution in [0.15, 0.2) is 23.1 Å². The highest BCUT2D eigenvalue weighted by Crippen LogP contribution is 2.14. The number of nitrogens with two attached hydrogens (primary N) is 1. The normalized spacial score (nSPS) is 12.1. The molecule has 1 aromatic carbocycles. The first-order valence-electron chi connectivity index (χ1n) is 5.66. The van der Waals surface area contributed by atoms with E-state index in [1.807, 2.05) is 6.07 Å². The molecule has 3 N–H and O–H groups in total. The molecule has 0 aliphatic heterocycles. The third-order valence-corrected chi connectivity index (χ3v) is 4.84. The molecule has 0 saturated carbocycles. The Balaban J connectivity index is 2.75. The summed E-state index contributed by atoms with van der Waals surface area (Å²) in [7, 11) is -7.31. The van der Waals surface area contributed by atoms with Crippen molar-refractivity contribution >= 4 is 20.0 Å². The van der Waals surface area contributed by atoms with Crippen molar-refractivity contribution in [3.05, 3.63) is 29.3 Å². The highest BCUT2D eigenvalue weighted by atomic mass is 32.2. The van der Waals surface area contributed by atoms with E-state index < -0.39 is 20.0 Å². The van der Waals surface area contributed by atoms with Crippen molar-refractivity contribution < 1.29 is 16.8 Å². The zero-order chi connectivity index (χ0) is 15.4. The average Bonchev–Trinajstić information content (AvgIpc) is 2.33. The van der Waals surface area contributed by atoms with Crippen LogP contribution in [0.5, 0.6) is 0 Å². The highest BCUT2D eigenvalue weighted by Gasteiger charge is 2.15. The Morgan fingerprint density at radius 3 is 2.45 bits per heavy atom. The topological polar surface area (TPSA) is 130 Å². The van der Waals surface area contributed by atoms with Gasteiger partial charge in [-0.25, -0.2) is 26.7 Å². The number of hydrogen-bond donors (Lipinski definition) is 2. The van der Waals surface area contributed by atoms with Gasteiger partial charge in [-0.15, -0.1) is 0 Å². The van der Waals surface area contributed by atoms with Crippen LogP contribution in [0, 0.1) is 18.3 Å². The van der Waals surface area contributed by atoms with Crippen LogP contribution >= 0.6 is 0 Å². The second-order valence-electron chi connectivity index (χ2n) is 4.21. The van der Waals surface area contributed by atoms with E-state index in [0.29, 0.717) is 11.1 Å². The van der Waals surface area contributed by atoms with Crippen molar-refractivity contribution in [2.24, 2.45) is 5.14 Å². The van der Waals surface area contributed by atoms with E-state index in [2.05, 4.69) is 4.72 Å². The molecule has 0 unspecified atom stereocenters. The van der Waals surface area contributed by atoms with Gasteiger partial charge in [-0.3, -0.25) is 0 Å². The maximum Gasteiger partial charge on any atom is 0.240 e. The zero-order valence-electron chi connectivity index (χ0n) is 10.8. The zero-order valence-corrected chi connectivity index (χ0v) is 12.5. The molecule has 9 heteroatoms. The van der Waals surface area contributed by atoms with Crippen molar-refractivity contribution in [1.82, 2.24) is 4.72 Å². The number of nitrogens with zero attached hydrogens (tertiary/aromatic N) is 1. The van der Waals surface area contributed by atoms with Gasteiger partial charge in [-0.1, -0.05) is 0 Å². The molecule has 0 spiro atoms. The second-order valence-corrected chi connectivity index (χ2v) is 7.71. The fourth-order valence-corrected chi connectivity index (χ4v) is 3.20. The summed E-state index contributed by atoms with van der Waals surface area (Å²) in [5.41, 5.74) is 0.957. The van der Waals surface area contributed by atoms with Gasteiger partial charge in [0.1, 0.15) is 0 Å². The van der Waals surface area contributed by atoms with E-state index in [0.717, 1.165) is 0 Å². The number of sulfonamides is 2. The number of aryl methyl sites for hydroxylation is 1. The predicted octanol–water partition coefficient (Wildman–Crippen LogP) is -0.176. The van der Waals surface area contributed by atoms with Gasteiger partial charge in [0.25, 0.3) is 0 Å². The van der Waals surface area contributed by atoms with Crippen LogP contribution < -0.4 is 9.86 Å². The molecule has 0 aliphatic carbocycles. The van der Waals surface area contributed by atoms with Gasteiger partial charge in [-0.05, 0) is 37.1 Å². The number of rotatable bonds is 6. The Labute approximate surface area is 118 Å². The summed E-state index contributed by atoms with van der Waals surface area (Å²) in [6, 6.07) is 6.09. The van der Waals surface area contributed by atoms with Gasteiger partial charge in [0.05, 0.1) is 22.3 Å². The molecule has 0 fully saturated rings. The average molecular weight is 317 g/mol. The van der Waals surface area contributed by atoms with E-state index in [4.69, 9.17) is 10.4 Å². The Morgan fingerprint density at radius 2 is 1.95 bits per heavy atom. The smallest absolute Gasteiger partial charge is 0.229 e. The third-order valence-electron chi connectivity index (χ3n) is 2.53.